The highest BCUT2D eigenvalue weighted by atomic mass is 16.3. The van der Waals surface area contributed by atoms with Crippen LogP contribution in [0.3, 0.4) is 0 Å². The number of aliphatic hydroxyl groups excluding tert-OH is 1. The molecule has 1 aromatic heterocycles. The molecule has 0 aromatic carbocycles. The number of aromatic nitrogens is 2. The van der Waals surface area contributed by atoms with E-state index < -0.39 is 0 Å². The average molecular weight is 236 g/mol. The molecular weight excluding hydrogens is 212 g/mol. The van der Waals surface area contributed by atoms with Crippen molar-refractivity contribution in [1.29, 1.82) is 0 Å². The first-order chi connectivity index (χ1) is 8.29. The smallest absolute Gasteiger partial charge is 0.111 e. The quantitative estimate of drug-likeness (QED) is 0.824. The molecule has 0 radical (unpaired) electrons. The summed E-state index contributed by atoms with van der Waals surface area (Å²) in [5, 5.41) is 10.1. The summed E-state index contributed by atoms with van der Waals surface area (Å²) in [6, 6.07) is 0. The van der Waals surface area contributed by atoms with Gasteiger partial charge in [0.05, 0.1) is 6.10 Å². The largest absolute Gasteiger partial charge is 0.393 e. The third kappa shape index (κ3) is 3.56. The summed E-state index contributed by atoms with van der Waals surface area (Å²) in [5.74, 6) is 1.79. The lowest BCUT2D eigenvalue weighted by atomic mass is 9.98. The maximum atomic E-state index is 10.1. The lowest BCUT2D eigenvalue weighted by molar-refractivity contribution is 0.140. The van der Waals surface area contributed by atoms with E-state index >= 15 is 0 Å². The van der Waals surface area contributed by atoms with Gasteiger partial charge < -0.3 is 9.67 Å². The Labute approximate surface area is 104 Å². The molecule has 1 heterocycles. The van der Waals surface area contributed by atoms with Gasteiger partial charge in [0.2, 0.25) is 0 Å². The molecule has 1 aliphatic carbocycles. The van der Waals surface area contributed by atoms with Gasteiger partial charge in [-0.3, -0.25) is 0 Å². The number of hydrogen-bond donors (Lipinski definition) is 1. The van der Waals surface area contributed by atoms with E-state index in [2.05, 4.69) is 16.5 Å². The summed E-state index contributed by atoms with van der Waals surface area (Å²) in [4.78, 5) is 4.35. The SMILES string of the molecule is CCCn1ccnc1CC(O)CC1CCCC1. The highest BCUT2D eigenvalue weighted by molar-refractivity contribution is 4.94. The molecule has 0 spiro atoms. The minimum Gasteiger partial charge on any atom is -0.393 e. The van der Waals surface area contributed by atoms with E-state index in [4.69, 9.17) is 0 Å². The van der Waals surface area contributed by atoms with Crippen molar-refractivity contribution in [3.63, 3.8) is 0 Å². The number of aliphatic hydroxyl groups is 1. The fraction of sp³-hybridized carbons (Fsp3) is 0.786. The van der Waals surface area contributed by atoms with Crippen LogP contribution >= 0.6 is 0 Å². The first kappa shape index (κ1) is 12.6. The van der Waals surface area contributed by atoms with Crippen LogP contribution in [0, 0.1) is 5.92 Å². The Morgan fingerprint density at radius 3 is 2.94 bits per heavy atom. The van der Waals surface area contributed by atoms with E-state index in [1.54, 1.807) is 0 Å². The maximum Gasteiger partial charge on any atom is 0.111 e. The van der Waals surface area contributed by atoms with E-state index in [-0.39, 0.29) is 6.10 Å². The molecule has 0 amide bonds. The molecule has 1 unspecified atom stereocenters. The first-order valence-electron chi connectivity index (χ1n) is 6.97. The molecule has 3 heteroatoms. The fourth-order valence-corrected chi connectivity index (χ4v) is 2.90. The van der Waals surface area contributed by atoms with Crippen LogP contribution < -0.4 is 0 Å². The fourth-order valence-electron chi connectivity index (χ4n) is 2.90. The van der Waals surface area contributed by atoms with Gasteiger partial charge in [0.25, 0.3) is 0 Å². The predicted molar refractivity (Wildman–Crippen MR) is 68.8 cm³/mol. The number of aryl methyl sites for hydroxylation is 1. The molecule has 1 aromatic rings. The van der Waals surface area contributed by atoms with Crippen LogP contribution in [-0.2, 0) is 13.0 Å². The van der Waals surface area contributed by atoms with E-state index in [0.717, 1.165) is 31.1 Å². The van der Waals surface area contributed by atoms with Crippen LogP contribution in [0.15, 0.2) is 12.4 Å². The zero-order chi connectivity index (χ0) is 12.1. The molecular formula is C14H24N2O. The van der Waals surface area contributed by atoms with Crippen LogP contribution in [-0.4, -0.2) is 20.8 Å². The standard InChI is InChI=1S/C14H24N2O/c1-2-8-16-9-7-15-14(16)11-13(17)10-12-5-3-4-6-12/h7,9,12-13,17H,2-6,8,10-11H2,1H3. The minimum absolute atomic E-state index is 0.212. The van der Waals surface area contributed by atoms with Crippen molar-refractivity contribution in [2.45, 2.75) is 64.5 Å². The monoisotopic (exact) mass is 236 g/mol. The second-order valence-electron chi connectivity index (χ2n) is 5.28. The van der Waals surface area contributed by atoms with E-state index in [0.29, 0.717) is 6.42 Å². The Morgan fingerprint density at radius 1 is 1.47 bits per heavy atom. The van der Waals surface area contributed by atoms with Gasteiger partial charge in [-0.15, -0.1) is 0 Å². The molecule has 3 nitrogen and oxygen atoms in total. The van der Waals surface area contributed by atoms with Gasteiger partial charge in [-0.25, -0.2) is 4.98 Å². The Hall–Kier alpha value is -0.830. The Balaban J connectivity index is 1.83. The number of imidazole rings is 1. The molecule has 96 valence electrons. The van der Waals surface area contributed by atoms with Gasteiger partial charge in [-0.2, -0.15) is 0 Å². The molecule has 1 fully saturated rings. The lowest BCUT2D eigenvalue weighted by Gasteiger charge is -2.15. The van der Waals surface area contributed by atoms with Crippen molar-refractivity contribution >= 4 is 0 Å². The summed E-state index contributed by atoms with van der Waals surface area (Å²) in [5.41, 5.74) is 0. The average Bonchev–Trinajstić information content (AvgIpc) is 2.92. The van der Waals surface area contributed by atoms with Gasteiger partial charge in [0, 0.05) is 25.4 Å². The molecule has 1 aliphatic rings. The Bertz CT molecular complexity index is 329. The van der Waals surface area contributed by atoms with Crippen molar-refractivity contribution in [1.82, 2.24) is 9.55 Å². The zero-order valence-corrected chi connectivity index (χ0v) is 10.8. The van der Waals surface area contributed by atoms with Gasteiger partial charge in [0.15, 0.2) is 0 Å². The van der Waals surface area contributed by atoms with Gasteiger partial charge in [0.1, 0.15) is 5.82 Å². The highest BCUT2D eigenvalue weighted by Gasteiger charge is 2.20. The third-order valence-electron chi connectivity index (χ3n) is 3.76. The number of hydrogen-bond acceptors (Lipinski definition) is 2. The summed E-state index contributed by atoms with van der Waals surface area (Å²) in [6.07, 6.45) is 11.7. The number of nitrogens with zero attached hydrogens (tertiary/aromatic N) is 2. The summed E-state index contributed by atoms with van der Waals surface area (Å²) in [6.45, 7) is 3.17. The molecule has 0 bridgehead atoms. The molecule has 0 aliphatic heterocycles. The van der Waals surface area contributed by atoms with Crippen LogP contribution in [0.5, 0.6) is 0 Å². The molecule has 2 rings (SSSR count). The molecule has 0 saturated heterocycles. The summed E-state index contributed by atoms with van der Waals surface area (Å²) >= 11 is 0. The number of rotatable bonds is 6. The van der Waals surface area contributed by atoms with Gasteiger partial charge in [-0.1, -0.05) is 32.6 Å². The molecule has 17 heavy (non-hydrogen) atoms. The highest BCUT2D eigenvalue weighted by Crippen LogP contribution is 2.29. The van der Waals surface area contributed by atoms with Crippen molar-refractivity contribution in [2.24, 2.45) is 5.92 Å². The molecule has 1 saturated carbocycles. The van der Waals surface area contributed by atoms with E-state index in [1.165, 1.54) is 25.7 Å². The van der Waals surface area contributed by atoms with E-state index in [9.17, 15) is 5.11 Å². The summed E-state index contributed by atoms with van der Waals surface area (Å²) < 4.78 is 2.16. The normalized spacial score (nSPS) is 18.7. The van der Waals surface area contributed by atoms with Crippen molar-refractivity contribution in [3.05, 3.63) is 18.2 Å². The second-order valence-corrected chi connectivity index (χ2v) is 5.28. The summed E-state index contributed by atoms with van der Waals surface area (Å²) in [7, 11) is 0. The van der Waals surface area contributed by atoms with Crippen LogP contribution in [0.25, 0.3) is 0 Å². The molecule has 1 atom stereocenters. The Kier molecular flexibility index (Phi) is 4.60. The Morgan fingerprint density at radius 2 is 2.24 bits per heavy atom. The van der Waals surface area contributed by atoms with Crippen LogP contribution in [0.4, 0.5) is 0 Å². The first-order valence-corrected chi connectivity index (χ1v) is 6.97. The zero-order valence-electron chi connectivity index (χ0n) is 10.8. The van der Waals surface area contributed by atoms with Crippen LogP contribution in [0.1, 0.15) is 51.3 Å². The van der Waals surface area contributed by atoms with Gasteiger partial charge in [-0.05, 0) is 18.8 Å². The van der Waals surface area contributed by atoms with Crippen molar-refractivity contribution < 1.29 is 5.11 Å². The third-order valence-corrected chi connectivity index (χ3v) is 3.76. The van der Waals surface area contributed by atoms with Crippen molar-refractivity contribution in [3.8, 4) is 0 Å². The van der Waals surface area contributed by atoms with E-state index in [1.807, 2.05) is 12.4 Å². The molecule has 1 N–H and O–H groups in total. The second kappa shape index (κ2) is 6.20. The lowest BCUT2D eigenvalue weighted by Crippen LogP contribution is -2.17. The minimum atomic E-state index is -0.212. The van der Waals surface area contributed by atoms with Crippen LogP contribution in [0.2, 0.25) is 0 Å². The maximum absolute atomic E-state index is 10.1. The van der Waals surface area contributed by atoms with Gasteiger partial charge >= 0.3 is 0 Å². The topological polar surface area (TPSA) is 38.0 Å². The van der Waals surface area contributed by atoms with Crippen molar-refractivity contribution in [2.75, 3.05) is 0 Å². The predicted octanol–water partition coefficient (Wildman–Crippen LogP) is 2.78.